The molecule has 10 nitrogen and oxygen atoms in total. The maximum absolute atomic E-state index is 13.9. The fraction of sp³-hybridized carbons (Fsp3) is 0.381. The molecule has 4 aliphatic rings. The molecule has 4 aromatic carbocycles. The Labute approximate surface area is 311 Å². The summed E-state index contributed by atoms with van der Waals surface area (Å²) in [4.78, 5) is 28.9. The van der Waals surface area contributed by atoms with Gasteiger partial charge in [0.25, 0.3) is 0 Å². The normalized spacial score (nSPS) is 26.8. The van der Waals surface area contributed by atoms with E-state index in [4.69, 9.17) is 18.9 Å². The van der Waals surface area contributed by atoms with E-state index in [1.165, 1.54) is 11.8 Å². The van der Waals surface area contributed by atoms with Crippen LogP contribution in [0.1, 0.15) is 140 Å². The largest absolute Gasteiger partial charge is 0.496 e. The zero-order chi connectivity index (χ0) is 37.6. The number of hydrogen-bond acceptors (Lipinski definition) is 11. The van der Waals surface area contributed by atoms with E-state index in [9.17, 15) is 30.0 Å². The van der Waals surface area contributed by atoms with Gasteiger partial charge in [-0.15, -0.1) is 0 Å². The molecule has 11 heteroatoms. The number of carbonyl (C=O) groups excluding carboxylic acids is 2. The Balaban J connectivity index is 1.45. The molecule has 53 heavy (non-hydrogen) atoms. The lowest BCUT2D eigenvalue weighted by Gasteiger charge is -2.39. The van der Waals surface area contributed by atoms with Crippen LogP contribution in [0.5, 0.6) is 11.5 Å². The van der Waals surface area contributed by atoms with Crippen LogP contribution in [-0.4, -0.2) is 60.4 Å². The smallest absolute Gasteiger partial charge is 0.164 e. The summed E-state index contributed by atoms with van der Waals surface area (Å²) >= 11 is 1.28. The number of rotatable bonds is 6. The highest BCUT2D eigenvalue weighted by Gasteiger charge is 2.46. The van der Waals surface area contributed by atoms with Gasteiger partial charge in [-0.2, -0.15) is 0 Å². The van der Waals surface area contributed by atoms with Gasteiger partial charge in [-0.3, -0.25) is 9.59 Å². The van der Waals surface area contributed by atoms with Crippen molar-refractivity contribution < 1.29 is 49.0 Å². The Morgan fingerprint density at radius 2 is 0.962 bits per heavy atom. The average molecular weight is 739 g/mol. The fourth-order valence-electron chi connectivity index (χ4n) is 9.13. The summed E-state index contributed by atoms with van der Waals surface area (Å²) in [6.45, 7) is 3.64. The van der Waals surface area contributed by atoms with Crippen molar-refractivity contribution >= 4 is 23.3 Å². The Bertz CT molecular complexity index is 2040. The van der Waals surface area contributed by atoms with Gasteiger partial charge in [0.05, 0.1) is 26.4 Å². The molecule has 0 saturated carbocycles. The molecule has 0 amide bonds. The number of methoxy groups -OCH3 is 4. The molecule has 0 fully saturated rings. The van der Waals surface area contributed by atoms with Gasteiger partial charge in [-0.1, -0.05) is 49.9 Å². The molecule has 8 atom stereocenters. The predicted octanol–water partition coefficient (Wildman–Crippen LogP) is 6.63. The molecule has 8 rings (SSSR count). The predicted molar refractivity (Wildman–Crippen MR) is 195 cm³/mol. The van der Waals surface area contributed by atoms with Gasteiger partial charge in [0.2, 0.25) is 0 Å². The number of ketones is 2. The van der Waals surface area contributed by atoms with E-state index in [2.05, 4.69) is 0 Å². The summed E-state index contributed by atoms with van der Waals surface area (Å²) in [5.41, 5.74) is 5.45. The monoisotopic (exact) mass is 738 g/mol. The molecule has 0 saturated heterocycles. The standard InChI is InChI=1S/C42H42O10S/c1-17-13-23(43)29-21(37(17)45)15-27(33-35(29)39(47)19-9-7-11-25(49-3)31(19)41(33)51-5)53-28-16-22-30(24(44)14-18(2)38(22)46)36-34(28)42(52-6)32-20(40(36)48)10-8-12-26(32)50-4/h7-12,15-18,37-42,45-48H,13-14H2,1-6H3/t17-,18-,37+,38+,39+,40+,41-,42-/m1/s1. The van der Waals surface area contributed by atoms with Crippen molar-refractivity contribution in [3.63, 3.8) is 0 Å². The summed E-state index contributed by atoms with van der Waals surface area (Å²) in [7, 11) is 6.20. The van der Waals surface area contributed by atoms with Crippen LogP contribution in [0.3, 0.4) is 0 Å². The first-order valence-electron chi connectivity index (χ1n) is 17.7. The molecule has 4 aliphatic carbocycles. The molecule has 0 bridgehead atoms. The second-order valence-corrected chi connectivity index (χ2v) is 15.6. The fourth-order valence-corrected chi connectivity index (χ4v) is 10.4. The van der Waals surface area contributed by atoms with Gasteiger partial charge < -0.3 is 39.4 Å². The van der Waals surface area contributed by atoms with Gasteiger partial charge in [-0.25, -0.2) is 0 Å². The van der Waals surface area contributed by atoms with Crippen molar-refractivity contribution in [3.8, 4) is 11.5 Å². The number of fused-ring (bicyclic) bond motifs is 8. The van der Waals surface area contributed by atoms with Crippen molar-refractivity contribution in [3.05, 3.63) is 115 Å². The van der Waals surface area contributed by atoms with Gasteiger partial charge in [-0.05, 0) is 58.4 Å². The first-order valence-corrected chi connectivity index (χ1v) is 18.6. The number of ether oxygens (including phenoxy) is 4. The lowest BCUT2D eigenvalue weighted by molar-refractivity contribution is 0.0730. The third-order valence-electron chi connectivity index (χ3n) is 11.6. The van der Waals surface area contributed by atoms with Crippen LogP contribution in [-0.2, 0) is 9.47 Å². The summed E-state index contributed by atoms with van der Waals surface area (Å²) in [5, 5.41) is 47.6. The second kappa shape index (κ2) is 13.3. The van der Waals surface area contributed by atoms with Crippen LogP contribution in [0.2, 0.25) is 0 Å². The molecule has 0 aromatic heterocycles. The minimum Gasteiger partial charge on any atom is -0.496 e. The maximum atomic E-state index is 13.9. The summed E-state index contributed by atoms with van der Waals surface area (Å²) < 4.78 is 24.0. The van der Waals surface area contributed by atoms with Gasteiger partial charge in [0, 0.05) is 81.4 Å². The highest BCUT2D eigenvalue weighted by molar-refractivity contribution is 7.99. The highest BCUT2D eigenvalue weighted by atomic mass is 32.2. The van der Waals surface area contributed by atoms with Crippen molar-refractivity contribution in [1.82, 2.24) is 0 Å². The van der Waals surface area contributed by atoms with Crippen LogP contribution >= 0.6 is 11.8 Å². The molecule has 4 aromatic rings. The van der Waals surface area contributed by atoms with E-state index in [1.54, 1.807) is 77.0 Å². The van der Waals surface area contributed by atoms with Crippen LogP contribution in [0, 0.1) is 11.8 Å². The summed E-state index contributed by atoms with van der Waals surface area (Å²) in [5.74, 6) is -0.0962. The van der Waals surface area contributed by atoms with Crippen LogP contribution in [0.25, 0.3) is 0 Å². The molecular formula is C42H42O10S. The van der Waals surface area contributed by atoms with E-state index in [1.807, 2.05) is 13.8 Å². The quantitative estimate of drug-likeness (QED) is 0.169. The van der Waals surface area contributed by atoms with Crippen molar-refractivity contribution in [2.75, 3.05) is 28.4 Å². The van der Waals surface area contributed by atoms with Crippen LogP contribution in [0.15, 0.2) is 58.3 Å². The lowest BCUT2D eigenvalue weighted by atomic mass is 9.72. The minimum atomic E-state index is -1.25. The molecule has 4 N–H and O–H groups in total. The van der Waals surface area contributed by atoms with Crippen molar-refractivity contribution in [2.24, 2.45) is 11.8 Å². The first-order chi connectivity index (χ1) is 25.5. The van der Waals surface area contributed by atoms with Crippen LogP contribution in [0.4, 0.5) is 0 Å². The molecule has 0 unspecified atom stereocenters. The number of hydrogen-bond donors (Lipinski definition) is 4. The summed E-state index contributed by atoms with van der Waals surface area (Å²) in [6.07, 6.45) is -5.84. The SMILES string of the molecule is COc1cccc2c1[C@@H](OC)c1c(Sc3cc4c(c5c3[C@H](OC)c3c(OC)cccc3[C@@H]5O)C(=O)C[C@@H](C)[C@@H]4O)cc3c(c1[C@H]2O)C(=O)C[C@@H](C)[C@@H]3O. The Hall–Kier alpha value is -4.07. The van der Waals surface area contributed by atoms with Crippen LogP contribution < -0.4 is 9.47 Å². The Morgan fingerprint density at radius 3 is 1.32 bits per heavy atom. The van der Waals surface area contributed by atoms with E-state index in [0.717, 1.165) is 0 Å². The molecule has 0 aliphatic heterocycles. The highest BCUT2D eigenvalue weighted by Crippen LogP contribution is 2.58. The van der Waals surface area contributed by atoms with E-state index in [-0.39, 0.29) is 47.4 Å². The average Bonchev–Trinajstić information content (AvgIpc) is 3.15. The number of carbonyl (C=O) groups is 2. The number of aliphatic hydroxyl groups excluding tert-OH is 4. The summed E-state index contributed by atoms with van der Waals surface area (Å²) in [6, 6.07) is 14.3. The van der Waals surface area contributed by atoms with Gasteiger partial charge in [0.1, 0.15) is 35.9 Å². The third-order valence-corrected chi connectivity index (χ3v) is 12.7. The van der Waals surface area contributed by atoms with Crippen molar-refractivity contribution in [1.29, 1.82) is 0 Å². The molecule has 0 heterocycles. The first kappa shape index (κ1) is 35.9. The van der Waals surface area contributed by atoms with E-state index < -0.39 is 36.6 Å². The van der Waals surface area contributed by atoms with Crippen molar-refractivity contribution in [2.45, 2.75) is 73.1 Å². The number of aliphatic hydroxyl groups is 4. The Morgan fingerprint density at radius 1 is 0.566 bits per heavy atom. The van der Waals surface area contributed by atoms with Gasteiger partial charge >= 0.3 is 0 Å². The maximum Gasteiger partial charge on any atom is 0.164 e. The zero-order valence-corrected chi connectivity index (χ0v) is 31.1. The topological polar surface area (TPSA) is 152 Å². The minimum absolute atomic E-state index is 0.111. The van der Waals surface area contributed by atoms with E-state index >= 15 is 0 Å². The van der Waals surface area contributed by atoms with E-state index in [0.29, 0.717) is 76.9 Å². The molecule has 276 valence electrons. The van der Waals surface area contributed by atoms with Gasteiger partial charge in [0.15, 0.2) is 11.6 Å². The second-order valence-electron chi connectivity index (χ2n) is 14.5. The zero-order valence-electron chi connectivity index (χ0n) is 30.3. The molecule has 0 spiro atoms. The number of benzene rings is 4. The Kier molecular flexibility index (Phi) is 9.05. The lowest BCUT2D eigenvalue weighted by Crippen LogP contribution is -2.30. The molecular weight excluding hydrogens is 697 g/mol. The number of Topliss-reactive ketones (excluding diaryl/α,β-unsaturated/α-hetero) is 2. The molecule has 0 radical (unpaired) electrons. The third kappa shape index (κ3) is 5.16.